The monoisotopic (exact) mass is 342 g/mol. The Kier molecular flexibility index (Phi) is 7.50. The van der Waals surface area contributed by atoms with Gasteiger partial charge in [-0.05, 0) is 31.4 Å². The Morgan fingerprint density at radius 3 is 2.61 bits per heavy atom. The predicted octanol–water partition coefficient (Wildman–Crippen LogP) is 1.79. The van der Waals surface area contributed by atoms with Crippen LogP contribution in [0.25, 0.3) is 0 Å². The van der Waals surface area contributed by atoms with Gasteiger partial charge in [-0.15, -0.1) is 0 Å². The van der Waals surface area contributed by atoms with Crippen LogP contribution in [0, 0.1) is 5.92 Å². The van der Waals surface area contributed by atoms with Gasteiger partial charge >= 0.3 is 0 Å². The van der Waals surface area contributed by atoms with Crippen molar-refractivity contribution in [3.63, 3.8) is 0 Å². The molecule has 2 heterocycles. The molecule has 2 N–H and O–H groups in total. The number of aliphatic imine (C=N–C) groups is 1. The normalized spacial score (nSPS) is 28.1. The van der Waals surface area contributed by atoms with Gasteiger partial charge in [0.15, 0.2) is 5.96 Å². The van der Waals surface area contributed by atoms with Crippen molar-refractivity contribution < 1.29 is 4.74 Å². The zero-order chi connectivity index (χ0) is 16.7. The summed E-state index contributed by atoms with van der Waals surface area (Å²) in [5, 5.41) is 7.06. The van der Waals surface area contributed by atoms with Gasteiger partial charge in [0.1, 0.15) is 0 Å². The van der Waals surface area contributed by atoms with E-state index in [4.69, 9.17) is 4.74 Å². The van der Waals surface area contributed by atoms with E-state index >= 15 is 0 Å². The first-order valence-electron chi connectivity index (χ1n) is 8.94. The topological polar surface area (TPSA) is 48.9 Å². The first-order chi connectivity index (χ1) is 11.0. The van der Waals surface area contributed by atoms with E-state index < -0.39 is 0 Å². The third-order valence-corrected chi connectivity index (χ3v) is 6.45. The van der Waals surface area contributed by atoms with Crippen LogP contribution < -0.4 is 10.6 Å². The first-order valence-corrected chi connectivity index (χ1v) is 9.93. The molecule has 0 amide bonds. The molecule has 2 unspecified atom stereocenters. The van der Waals surface area contributed by atoms with Gasteiger partial charge in [-0.1, -0.05) is 13.8 Å². The summed E-state index contributed by atoms with van der Waals surface area (Å²) < 4.78 is 5.84. The van der Waals surface area contributed by atoms with Gasteiger partial charge in [0.05, 0.1) is 13.2 Å². The van der Waals surface area contributed by atoms with Crippen LogP contribution in [-0.4, -0.2) is 73.8 Å². The summed E-state index contributed by atoms with van der Waals surface area (Å²) in [5.74, 6) is 2.83. The smallest absolute Gasteiger partial charge is 0.191 e. The average molecular weight is 343 g/mol. The molecule has 0 aromatic rings. The fourth-order valence-electron chi connectivity index (χ4n) is 3.36. The number of thioether (sulfide) groups is 1. The highest BCUT2D eigenvalue weighted by molar-refractivity contribution is 8.00. The Morgan fingerprint density at radius 1 is 1.30 bits per heavy atom. The molecule has 2 aliphatic rings. The second-order valence-electron chi connectivity index (χ2n) is 7.17. The molecule has 2 atom stereocenters. The second kappa shape index (κ2) is 9.14. The highest BCUT2D eigenvalue weighted by atomic mass is 32.2. The molecule has 23 heavy (non-hydrogen) atoms. The predicted molar refractivity (Wildman–Crippen MR) is 100 cm³/mol. The maximum Gasteiger partial charge on any atom is 0.191 e. The molecule has 2 rings (SSSR count). The van der Waals surface area contributed by atoms with Crippen LogP contribution in [0.15, 0.2) is 4.99 Å². The number of ether oxygens (including phenoxy) is 1. The van der Waals surface area contributed by atoms with Crippen molar-refractivity contribution in [1.29, 1.82) is 0 Å². The van der Waals surface area contributed by atoms with Gasteiger partial charge in [0.25, 0.3) is 0 Å². The summed E-state index contributed by atoms with van der Waals surface area (Å²) in [4.78, 5) is 6.94. The first kappa shape index (κ1) is 18.9. The molecule has 6 heteroatoms. The molecule has 5 nitrogen and oxygen atoms in total. The molecule has 134 valence electrons. The highest BCUT2D eigenvalue weighted by Crippen LogP contribution is 2.36. The zero-order valence-corrected chi connectivity index (χ0v) is 16.0. The fraction of sp³-hybridized carbons (Fsp3) is 0.941. The van der Waals surface area contributed by atoms with E-state index in [1.165, 1.54) is 18.6 Å². The molecule has 0 spiro atoms. The highest BCUT2D eigenvalue weighted by Gasteiger charge is 2.29. The summed E-state index contributed by atoms with van der Waals surface area (Å²) in [6.07, 6.45) is 2.63. The van der Waals surface area contributed by atoms with E-state index in [9.17, 15) is 0 Å². The molecular weight excluding hydrogens is 308 g/mol. The summed E-state index contributed by atoms with van der Waals surface area (Å²) in [5.41, 5.74) is 0. The molecule has 2 aliphatic heterocycles. The SMILES string of the molecule is CN=C(NCC(C(C)C)N1CCOCC1)NCC1(C)CCCS1. The number of hydrogen-bond donors (Lipinski definition) is 2. The van der Waals surface area contributed by atoms with E-state index in [1.807, 2.05) is 7.05 Å². The van der Waals surface area contributed by atoms with E-state index in [1.54, 1.807) is 0 Å². The van der Waals surface area contributed by atoms with E-state index in [0.717, 1.165) is 45.4 Å². The molecule has 0 aromatic heterocycles. The lowest BCUT2D eigenvalue weighted by Gasteiger charge is -2.37. The fourth-order valence-corrected chi connectivity index (χ4v) is 4.61. The minimum Gasteiger partial charge on any atom is -0.379 e. The van der Waals surface area contributed by atoms with Gasteiger partial charge in [0, 0.05) is 44.0 Å². The van der Waals surface area contributed by atoms with Crippen LogP contribution in [0.2, 0.25) is 0 Å². The lowest BCUT2D eigenvalue weighted by atomic mass is 10.0. The average Bonchev–Trinajstić information content (AvgIpc) is 2.98. The van der Waals surface area contributed by atoms with Crippen LogP contribution in [0.4, 0.5) is 0 Å². The molecule has 0 bridgehead atoms. The van der Waals surface area contributed by atoms with E-state index in [2.05, 4.69) is 53.1 Å². The van der Waals surface area contributed by atoms with Gasteiger partial charge in [-0.3, -0.25) is 9.89 Å². The van der Waals surface area contributed by atoms with Crippen molar-refractivity contribution in [2.45, 2.75) is 44.4 Å². The van der Waals surface area contributed by atoms with Crippen LogP contribution in [0.3, 0.4) is 0 Å². The Morgan fingerprint density at radius 2 is 2.04 bits per heavy atom. The minimum absolute atomic E-state index is 0.360. The molecule has 2 saturated heterocycles. The molecule has 0 saturated carbocycles. The van der Waals surface area contributed by atoms with Crippen molar-refractivity contribution in [1.82, 2.24) is 15.5 Å². The summed E-state index contributed by atoms with van der Waals surface area (Å²) >= 11 is 2.08. The van der Waals surface area contributed by atoms with E-state index in [0.29, 0.717) is 16.7 Å². The molecule has 0 aliphatic carbocycles. The van der Waals surface area contributed by atoms with Gasteiger partial charge in [0.2, 0.25) is 0 Å². The molecule has 2 fully saturated rings. The van der Waals surface area contributed by atoms with Crippen molar-refractivity contribution in [3.8, 4) is 0 Å². The van der Waals surface area contributed by atoms with Crippen molar-refractivity contribution in [2.24, 2.45) is 10.9 Å². The van der Waals surface area contributed by atoms with Gasteiger partial charge < -0.3 is 15.4 Å². The number of rotatable bonds is 6. The molecule has 0 radical (unpaired) electrons. The van der Waals surface area contributed by atoms with Crippen LogP contribution in [0.1, 0.15) is 33.6 Å². The van der Waals surface area contributed by atoms with E-state index in [-0.39, 0.29) is 0 Å². The maximum atomic E-state index is 5.48. The molecule has 0 aromatic carbocycles. The van der Waals surface area contributed by atoms with Crippen molar-refractivity contribution in [2.75, 3.05) is 52.2 Å². The van der Waals surface area contributed by atoms with Crippen molar-refractivity contribution >= 4 is 17.7 Å². The quantitative estimate of drug-likeness (QED) is 0.569. The number of morpholine rings is 1. The second-order valence-corrected chi connectivity index (χ2v) is 8.85. The summed E-state index contributed by atoms with van der Waals surface area (Å²) in [7, 11) is 1.86. The van der Waals surface area contributed by atoms with Gasteiger partial charge in [-0.2, -0.15) is 11.8 Å². The number of hydrogen-bond acceptors (Lipinski definition) is 4. The number of guanidine groups is 1. The number of nitrogens with one attached hydrogen (secondary N) is 2. The van der Waals surface area contributed by atoms with Gasteiger partial charge in [-0.25, -0.2) is 0 Å². The maximum absolute atomic E-state index is 5.48. The Hall–Kier alpha value is -0.460. The standard InChI is InChI=1S/C17H34N4OS/c1-14(2)15(21-7-9-22-10-8-21)12-19-16(18-4)20-13-17(3)6-5-11-23-17/h14-15H,5-13H2,1-4H3,(H2,18,19,20). The minimum atomic E-state index is 0.360. The summed E-state index contributed by atoms with van der Waals surface area (Å²) in [6, 6.07) is 0.522. The van der Waals surface area contributed by atoms with Crippen LogP contribution in [0.5, 0.6) is 0 Å². The Labute approximate surface area is 146 Å². The zero-order valence-electron chi connectivity index (χ0n) is 15.2. The lowest BCUT2D eigenvalue weighted by molar-refractivity contribution is 0.00752. The lowest BCUT2D eigenvalue weighted by Crippen LogP contribution is -2.53. The largest absolute Gasteiger partial charge is 0.379 e. The number of nitrogens with zero attached hydrogens (tertiary/aromatic N) is 2. The summed E-state index contributed by atoms with van der Waals surface area (Å²) in [6.45, 7) is 12.6. The molecular formula is C17H34N4OS. The van der Waals surface area contributed by atoms with Crippen molar-refractivity contribution in [3.05, 3.63) is 0 Å². The van der Waals surface area contributed by atoms with Crippen LogP contribution in [-0.2, 0) is 4.74 Å². The van der Waals surface area contributed by atoms with Crippen LogP contribution >= 0.6 is 11.8 Å². The Bertz CT molecular complexity index is 377. The Balaban J connectivity index is 1.80. The third-order valence-electron chi connectivity index (χ3n) is 4.92. The third kappa shape index (κ3) is 5.84.